The zero-order valence-corrected chi connectivity index (χ0v) is 15.9. The monoisotopic (exact) mass is 386 g/mol. The average molecular weight is 386 g/mol. The maximum absolute atomic E-state index is 13.7. The Morgan fingerprint density at radius 2 is 1.93 bits per heavy atom. The Morgan fingerprint density at radius 1 is 1.14 bits per heavy atom. The van der Waals surface area contributed by atoms with Gasteiger partial charge in [-0.3, -0.25) is 9.80 Å². The molecule has 1 atom stereocenters. The number of benzene rings is 2. The van der Waals surface area contributed by atoms with Gasteiger partial charge in [-0.25, -0.2) is 13.6 Å². The minimum atomic E-state index is -0.924. The fraction of sp³-hybridized carbons (Fsp3) is 0.409. The summed E-state index contributed by atoms with van der Waals surface area (Å²) in [5, 5.41) is 0. The molecule has 3 saturated heterocycles. The van der Waals surface area contributed by atoms with E-state index >= 15 is 0 Å². The Morgan fingerprint density at radius 3 is 2.57 bits per heavy atom. The highest BCUT2D eigenvalue weighted by atomic mass is 19.2. The van der Waals surface area contributed by atoms with Crippen molar-refractivity contribution in [2.45, 2.75) is 32.4 Å². The molecule has 2 aromatic carbocycles. The summed E-state index contributed by atoms with van der Waals surface area (Å²) in [4.78, 5) is 16.9. The standard InChI is InChI=1S/C22H24F2N2O2/c1-15-3-2-4-18(11-15)26(13-16-5-6-19(23)20(24)12-16)22(27)28-21-14-25-9-7-17(21)8-10-25/h2-6,11-12,17,21H,7-10,13-14H2,1H3. The lowest BCUT2D eigenvalue weighted by molar-refractivity contribution is -0.0311. The average Bonchev–Trinajstić information content (AvgIpc) is 2.69. The topological polar surface area (TPSA) is 32.8 Å². The molecule has 3 aliphatic heterocycles. The number of nitrogens with zero attached hydrogens (tertiary/aromatic N) is 2. The first kappa shape index (κ1) is 18.9. The van der Waals surface area contributed by atoms with Gasteiger partial charge in [0.1, 0.15) is 6.10 Å². The molecule has 0 aromatic heterocycles. The van der Waals surface area contributed by atoms with Crippen LogP contribution < -0.4 is 4.90 Å². The minimum absolute atomic E-state index is 0.112. The first-order valence-electron chi connectivity index (χ1n) is 9.71. The van der Waals surface area contributed by atoms with Gasteiger partial charge in [-0.15, -0.1) is 0 Å². The summed E-state index contributed by atoms with van der Waals surface area (Å²) in [5.74, 6) is -1.43. The van der Waals surface area contributed by atoms with E-state index in [2.05, 4.69) is 4.90 Å². The number of anilines is 1. The largest absolute Gasteiger partial charge is 0.444 e. The van der Waals surface area contributed by atoms with Gasteiger partial charge in [0, 0.05) is 12.2 Å². The number of fused-ring (bicyclic) bond motifs is 3. The number of piperidine rings is 3. The van der Waals surface area contributed by atoms with Crippen molar-refractivity contribution >= 4 is 11.8 Å². The van der Waals surface area contributed by atoms with Crippen LogP contribution >= 0.6 is 0 Å². The van der Waals surface area contributed by atoms with Crippen molar-refractivity contribution in [1.29, 1.82) is 0 Å². The lowest BCUT2D eigenvalue weighted by Crippen LogP contribution is -2.53. The van der Waals surface area contributed by atoms with Crippen molar-refractivity contribution in [3.05, 3.63) is 65.2 Å². The van der Waals surface area contributed by atoms with Crippen LogP contribution in [0.2, 0.25) is 0 Å². The van der Waals surface area contributed by atoms with Gasteiger partial charge in [-0.05, 0) is 74.2 Å². The number of aryl methyl sites for hydroxylation is 1. The van der Waals surface area contributed by atoms with Gasteiger partial charge in [-0.1, -0.05) is 18.2 Å². The molecule has 148 valence electrons. The molecule has 0 radical (unpaired) electrons. The van der Waals surface area contributed by atoms with E-state index in [-0.39, 0.29) is 12.6 Å². The van der Waals surface area contributed by atoms with Crippen molar-refractivity contribution in [3.63, 3.8) is 0 Å². The lowest BCUT2D eigenvalue weighted by atomic mass is 9.86. The molecule has 0 aliphatic carbocycles. The molecule has 5 rings (SSSR count). The van der Waals surface area contributed by atoms with Crippen LogP contribution in [0.15, 0.2) is 42.5 Å². The Balaban J connectivity index is 1.57. The van der Waals surface area contributed by atoms with E-state index in [0.29, 0.717) is 17.2 Å². The molecule has 2 aromatic rings. The third kappa shape index (κ3) is 4.02. The SMILES string of the molecule is Cc1cccc(N(Cc2ccc(F)c(F)c2)C(=O)OC2CN3CCC2CC3)c1. The van der Waals surface area contributed by atoms with Crippen LogP contribution in [-0.2, 0) is 11.3 Å². The molecule has 1 amide bonds. The number of carbonyl (C=O) groups is 1. The van der Waals surface area contributed by atoms with Crippen LogP contribution in [0.3, 0.4) is 0 Å². The number of hydrogen-bond donors (Lipinski definition) is 0. The molecule has 4 nitrogen and oxygen atoms in total. The molecule has 0 saturated carbocycles. The molecular weight excluding hydrogens is 362 g/mol. The molecule has 28 heavy (non-hydrogen) atoms. The second kappa shape index (κ2) is 7.87. The third-order valence-corrected chi connectivity index (χ3v) is 5.71. The van der Waals surface area contributed by atoms with Gasteiger partial charge in [0.05, 0.1) is 6.54 Å². The second-order valence-corrected chi connectivity index (χ2v) is 7.73. The van der Waals surface area contributed by atoms with Gasteiger partial charge >= 0.3 is 6.09 Å². The van der Waals surface area contributed by atoms with Crippen molar-refractivity contribution < 1.29 is 18.3 Å². The van der Waals surface area contributed by atoms with Crippen LogP contribution in [0.5, 0.6) is 0 Å². The highest BCUT2D eigenvalue weighted by Crippen LogP contribution is 2.31. The predicted octanol–water partition coefficient (Wildman–Crippen LogP) is 4.51. The van der Waals surface area contributed by atoms with Crippen LogP contribution in [0.25, 0.3) is 0 Å². The molecule has 2 bridgehead atoms. The zero-order valence-electron chi connectivity index (χ0n) is 15.9. The molecule has 0 N–H and O–H groups in total. The molecule has 3 fully saturated rings. The Hall–Kier alpha value is -2.47. The Kier molecular flexibility index (Phi) is 5.31. The number of hydrogen-bond acceptors (Lipinski definition) is 3. The minimum Gasteiger partial charge on any atom is -0.444 e. The summed E-state index contributed by atoms with van der Waals surface area (Å²) in [6.07, 6.45) is 1.53. The Bertz CT molecular complexity index is 865. The van der Waals surface area contributed by atoms with E-state index in [1.807, 2.05) is 31.2 Å². The summed E-state index contributed by atoms with van der Waals surface area (Å²) in [5.41, 5.74) is 2.19. The van der Waals surface area contributed by atoms with Crippen LogP contribution in [0, 0.1) is 24.5 Å². The fourth-order valence-corrected chi connectivity index (χ4v) is 4.12. The fourth-order valence-electron chi connectivity index (χ4n) is 4.12. The highest BCUT2D eigenvalue weighted by Gasteiger charge is 2.37. The third-order valence-electron chi connectivity index (χ3n) is 5.71. The predicted molar refractivity (Wildman–Crippen MR) is 103 cm³/mol. The molecule has 3 heterocycles. The number of ether oxygens (including phenoxy) is 1. The quantitative estimate of drug-likeness (QED) is 0.775. The van der Waals surface area contributed by atoms with E-state index in [1.165, 1.54) is 11.0 Å². The van der Waals surface area contributed by atoms with E-state index in [0.717, 1.165) is 50.2 Å². The number of carbonyl (C=O) groups excluding carboxylic acids is 1. The number of halogens is 2. The first-order chi connectivity index (χ1) is 13.5. The zero-order chi connectivity index (χ0) is 19.7. The summed E-state index contributed by atoms with van der Waals surface area (Å²) in [6.45, 7) is 4.95. The van der Waals surface area contributed by atoms with Crippen LogP contribution in [-0.4, -0.2) is 36.7 Å². The van der Waals surface area contributed by atoms with Gasteiger partial charge < -0.3 is 4.74 Å². The first-order valence-corrected chi connectivity index (χ1v) is 9.71. The van der Waals surface area contributed by atoms with Crippen molar-refractivity contribution in [3.8, 4) is 0 Å². The van der Waals surface area contributed by atoms with E-state index in [4.69, 9.17) is 4.74 Å². The smallest absolute Gasteiger partial charge is 0.414 e. The van der Waals surface area contributed by atoms with Crippen LogP contribution in [0.4, 0.5) is 19.3 Å². The molecule has 6 heteroatoms. The van der Waals surface area contributed by atoms with Crippen molar-refractivity contribution in [2.24, 2.45) is 5.92 Å². The van der Waals surface area contributed by atoms with E-state index < -0.39 is 17.7 Å². The molecule has 1 unspecified atom stereocenters. The summed E-state index contributed by atoms with van der Waals surface area (Å²) >= 11 is 0. The van der Waals surface area contributed by atoms with Gasteiger partial charge in [-0.2, -0.15) is 0 Å². The lowest BCUT2D eigenvalue weighted by Gasteiger charge is -2.44. The van der Waals surface area contributed by atoms with Crippen molar-refractivity contribution in [1.82, 2.24) is 4.90 Å². The number of amides is 1. The summed E-state index contributed by atoms with van der Waals surface area (Å²) in [7, 11) is 0. The normalized spacial score (nSPS) is 23.5. The van der Waals surface area contributed by atoms with E-state index in [1.54, 1.807) is 0 Å². The van der Waals surface area contributed by atoms with Crippen LogP contribution in [0.1, 0.15) is 24.0 Å². The highest BCUT2D eigenvalue weighted by molar-refractivity contribution is 5.87. The van der Waals surface area contributed by atoms with Gasteiger partial charge in [0.15, 0.2) is 11.6 Å². The number of rotatable bonds is 4. The second-order valence-electron chi connectivity index (χ2n) is 7.73. The van der Waals surface area contributed by atoms with E-state index in [9.17, 15) is 13.6 Å². The maximum Gasteiger partial charge on any atom is 0.414 e. The van der Waals surface area contributed by atoms with Gasteiger partial charge in [0.25, 0.3) is 0 Å². The van der Waals surface area contributed by atoms with Gasteiger partial charge in [0.2, 0.25) is 0 Å². The Labute approximate surface area is 163 Å². The molecule has 3 aliphatic rings. The maximum atomic E-state index is 13.7. The summed E-state index contributed by atoms with van der Waals surface area (Å²) < 4.78 is 32.8. The molecule has 0 spiro atoms. The van der Waals surface area contributed by atoms with Crippen molar-refractivity contribution in [2.75, 3.05) is 24.5 Å². The summed E-state index contributed by atoms with van der Waals surface area (Å²) in [6, 6.07) is 11.2. The molecular formula is C22H24F2N2O2.